The van der Waals surface area contributed by atoms with Crippen LogP contribution in [0, 0.1) is 0 Å². The minimum atomic E-state index is 0.0643. The number of hydrogen-bond acceptors (Lipinski definition) is 2. The molecule has 0 unspecified atom stereocenters. The van der Waals surface area contributed by atoms with Crippen molar-refractivity contribution in [1.29, 1.82) is 0 Å². The van der Waals surface area contributed by atoms with Crippen LogP contribution >= 0.6 is 11.6 Å². The second kappa shape index (κ2) is 4.45. The lowest BCUT2D eigenvalue weighted by Gasteiger charge is -2.01. The predicted octanol–water partition coefficient (Wildman–Crippen LogP) is 2.23. The Bertz CT molecular complexity index is 478. The van der Waals surface area contributed by atoms with Gasteiger partial charge in [-0.2, -0.15) is 0 Å². The van der Waals surface area contributed by atoms with Crippen molar-refractivity contribution in [2.24, 2.45) is 0 Å². The highest BCUT2D eigenvalue weighted by Gasteiger charge is 2.03. The summed E-state index contributed by atoms with van der Waals surface area (Å²) in [5, 5.41) is 0. The zero-order chi connectivity index (χ0) is 10.7. The summed E-state index contributed by atoms with van der Waals surface area (Å²) in [5.74, 6) is 0.154. The van der Waals surface area contributed by atoms with Crippen LogP contribution in [0.1, 0.15) is 6.42 Å². The average Bonchev–Trinajstić information content (AvgIpc) is 2.69. The van der Waals surface area contributed by atoms with E-state index >= 15 is 0 Å². The predicted molar refractivity (Wildman–Crippen MR) is 60.1 cm³/mol. The molecule has 1 heterocycles. The van der Waals surface area contributed by atoms with Gasteiger partial charge in [0.15, 0.2) is 0 Å². The molecule has 0 radical (unpaired) electrons. The van der Waals surface area contributed by atoms with Gasteiger partial charge in [-0.15, -0.1) is 11.6 Å². The molecule has 0 aliphatic heterocycles. The molecule has 0 bridgehead atoms. The van der Waals surface area contributed by atoms with Crippen LogP contribution in [0.3, 0.4) is 0 Å². The normalized spacial score (nSPS) is 10.7. The zero-order valence-corrected chi connectivity index (χ0v) is 8.94. The van der Waals surface area contributed by atoms with Crippen LogP contribution in [0.4, 0.5) is 0 Å². The standard InChI is InChI=1S/C11H11ClN2O/c12-7-9(15)5-6-14-8-13-10-3-1-2-4-11(10)14/h1-4,8H,5-7H2. The number of benzene rings is 1. The minimum Gasteiger partial charge on any atom is -0.330 e. The number of carbonyl (C=O) groups is 1. The first kappa shape index (κ1) is 10.2. The van der Waals surface area contributed by atoms with Crippen LogP contribution in [0.2, 0.25) is 0 Å². The molecule has 2 rings (SSSR count). The number of para-hydroxylation sites is 2. The summed E-state index contributed by atoms with van der Waals surface area (Å²) in [6.45, 7) is 0.645. The summed E-state index contributed by atoms with van der Waals surface area (Å²) >= 11 is 5.44. The maximum Gasteiger partial charge on any atom is 0.149 e. The van der Waals surface area contributed by atoms with Gasteiger partial charge in [0.25, 0.3) is 0 Å². The molecule has 0 N–H and O–H groups in total. The molecule has 3 nitrogen and oxygen atoms in total. The maximum atomic E-state index is 11.1. The molecule has 1 aromatic heterocycles. The second-order valence-electron chi connectivity index (χ2n) is 3.35. The maximum absolute atomic E-state index is 11.1. The SMILES string of the molecule is O=C(CCl)CCn1cnc2ccccc21. The van der Waals surface area contributed by atoms with Gasteiger partial charge in [0.1, 0.15) is 5.78 Å². The first-order valence-corrected chi connectivity index (χ1v) is 5.32. The first-order chi connectivity index (χ1) is 7.31. The number of aryl methyl sites for hydroxylation is 1. The molecule has 1 aromatic carbocycles. The van der Waals surface area contributed by atoms with Crippen LogP contribution in [0.5, 0.6) is 0 Å². The van der Waals surface area contributed by atoms with E-state index < -0.39 is 0 Å². The molecule has 15 heavy (non-hydrogen) atoms. The van der Waals surface area contributed by atoms with Crippen molar-refractivity contribution >= 4 is 28.4 Å². The van der Waals surface area contributed by atoms with Gasteiger partial charge in [-0.25, -0.2) is 4.98 Å². The monoisotopic (exact) mass is 222 g/mol. The van der Waals surface area contributed by atoms with Gasteiger partial charge in [0.2, 0.25) is 0 Å². The van der Waals surface area contributed by atoms with E-state index in [1.54, 1.807) is 6.33 Å². The first-order valence-electron chi connectivity index (χ1n) is 4.79. The average molecular weight is 223 g/mol. The fraction of sp³-hybridized carbons (Fsp3) is 0.273. The summed E-state index contributed by atoms with van der Waals surface area (Å²) in [6, 6.07) is 7.86. The molecule has 0 saturated heterocycles. The largest absolute Gasteiger partial charge is 0.330 e. The molecule has 0 atom stereocenters. The van der Waals surface area contributed by atoms with Crippen molar-refractivity contribution < 1.29 is 4.79 Å². The Balaban J connectivity index is 2.18. The topological polar surface area (TPSA) is 34.9 Å². The van der Waals surface area contributed by atoms with Crippen molar-refractivity contribution in [3.63, 3.8) is 0 Å². The molecule has 78 valence electrons. The van der Waals surface area contributed by atoms with Gasteiger partial charge in [-0.3, -0.25) is 4.79 Å². The number of imidazole rings is 1. The van der Waals surface area contributed by atoms with Gasteiger partial charge in [-0.05, 0) is 12.1 Å². The van der Waals surface area contributed by atoms with Crippen molar-refractivity contribution in [2.45, 2.75) is 13.0 Å². The highest BCUT2D eigenvalue weighted by molar-refractivity contribution is 6.27. The Labute approximate surface area is 92.7 Å². The van der Waals surface area contributed by atoms with Crippen LogP contribution < -0.4 is 0 Å². The number of halogens is 1. The van der Waals surface area contributed by atoms with E-state index in [1.807, 2.05) is 28.8 Å². The lowest BCUT2D eigenvalue weighted by Crippen LogP contribution is -2.05. The number of nitrogens with zero attached hydrogens (tertiary/aromatic N) is 2. The summed E-state index contributed by atoms with van der Waals surface area (Å²) in [7, 11) is 0. The third kappa shape index (κ3) is 2.18. The molecular weight excluding hydrogens is 212 g/mol. The van der Waals surface area contributed by atoms with Gasteiger partial charge in [0, 0.05) is 13.0 Å². The second-order valence-corrected chi connectivity index (χ2v) is 3.62. The number of ketones is 1. The van der Waals surface area contributed by atoms with Gasteiger partial charge < -0.3 is 4.57 Å². The van der Waals surface area contributed by atoms with Crippen LogP contribution in [-0.2, 0) is 11.3 Å². The number of hydrogen-bond donors (Lipinski definition) is 0. The smallest absolute Gasteiger partial charge is 0.149 e. The van der Waals surface area contributed by atoms with Crippen molar-refractivity contribution in [1.82, 2.24) is 9.55 Å². The molecule has 0 aliphatic rings. The highest BCUT2D eigenvalue weighted by Crippen LogP contribution is 2.12. The summed E-state index contributed by atoms with van der Waals surface area (Å²) < 4.78 is 1.97. The van der Waals surface area contributed by atoms with Gasteiger partial charge in [0.05, 0.1) is 23.2 Å². The van der Waals surface area contributed by atoms with Gasteiger partial charge in [-0.1, -0.05) is 12.1 Å². The summed E-state index contributed by atoms with van der Waals surface area (Å²) in [6.07, 6.45) is 2.22. The van der Waals surface area contributed by atoms with E-state index in [0.29, 0.717) is 13.0 Å². The number of alkyl halides is 1. The highest BCUT2D eigenvalue weighted by atomic mass is 35.5. The number of aromatic nitrogens is 2. The number of rotatable bonds is 4. The fourth-order valence-corrected chi connectivity index (χ4v) is 1.63. The third-order valence-corrected chi connectivity index (χ3v) is 2.61. The van der Waals surface area contributed by atoms with Crippen LogP contribution in [0.15, 0.2) is 30.6 Å². The molecule has 0 saturated carbocycles. The Hall–Kier alpha value is -1.35. The van der Waals surface area contributed by atoms with Crippen molar-refractivity contribution in [3.8, 4) is 0 Å². The van der Waals surface area contributed by atoms with E-state index in [0.717, 1.165) is 11.0 Å². The number of Topliss-reactive ketones (excluding diaryl/α,β-unsaturated/α-hetero) is 1. The Kier molecular flexibility index (Phi) is 3.02. The Morgan fingerprint density at radius 2 is 2.20 bits per heavy atom. The van der Waals surface area contributed by atoms with Crippen LogP contribution in [0.25, 0.3) is 11.0 Å². The zero-order valence-electron chi connectivity index (χ0n) is 8.19. The lowest BCUT2D eigenvalue weighted by molar-refractivity contribution is -0.116. The molecular formula is C11H11ClN2O. The molecule has 0 amide bonds. The van der Waals surface area contributed by atoms with E-state index in [4.69, 9.17) is 11.6 Å². The number of fused-ring (bicyclic) bond motifs is 1. The Morgan fingerprint density at radius 1 is 1.40 bits per heavy atom. The minimum absolute atomic E-state index is 0.0643. The molecule has 2 aromatic rings. The summed E-state index contributed by atoms with van der Waals surface area (Å²) in [5.41, 5.74) is 2.01. The van der Waals surface area contributed by atoms with E-state index in [2.05, 4.69) is 4.98 Å². The molecule has 0 aliphatic carbocycles. The van der Waals surface area contributed by atoms with E-state index in [9.17, 15) is 4.79 Å². The van der Waals surface area contributed by atoms with Crippen molar-refractivity contribution in [3.05, 3.63) is 30.6 Å². The van der Waals surface area contributed by atoms with E-state index in [1.165, 1.54) is 0 Å². The van der Waals surface area contributed by atoms with Crippen LogP contribution in [-0.4, -0.2) is 21.2 Å². The quantitative estimate of drug-likeness (QED) is 0.744. The summed E-state index contributed by atoms with van der Waals surface area (Å²) in [4.78, 5) is 15.3. The molecule has 0 spiro atoms. The third-order valence-electron chi connectivity index (χ3n) is 2.31. The molecule has 4 heteroatoms. The lowest BCUT2D eigenvalue weighted by atomic mass is 10.3. The van der Waals surface area contributed by atoms with E-state index in [-0.39, 0.29) is 11.7 Å². The fourth-order valence-electron chi connectivity index (χ4n) is 1.50. The van der Waals surface area contributed by atoms with Gasteiger partial charge >= 0.3 is 0 Å². The van der Waals surface area contributed by atoms with Crippen molar-refractivity contribution in [2.75, 3.05) is 5.88 Å². The molecule has 0 fully saturated rings. The number of carbonyl (C=O) groups excluding carboxylic acids is 1. The Morgan fingerprint density at radius 3 is 3.00 bits per heavy atom.